The zero-order chi connectivity index (χ0) is 47.4. The Morgan fingerprint density at radius 1 is 0.922 bits per heavy atom. The average Bonchev–Trinajstić information content (AvgIpc) is 3.78. The van der Waals surface area contributed by atoms with Gasteiger partial charge in [0.15, 0.2) is 17.7 Å². The second kappa shape index (κ2) is 27.4. The highest BCUT2D eigenvalue weighted by molar-refractivity contribution is 7.99. The van der Waals surface area contributed by atoms with Gasteiger partial charge in [-0.25, -0.2) is 28.6 Å². The lowest BCUT2D eigenvalue weighted by Gasteiger charge is -2.30. The summed E-state index contributed by atoms with van der Waals surface area (Å²) in [6.07, 6.45) is 12.8. The van der Waals surface area contributed by atoms with Crippen LogP contribution in [0.4, 0.5) is 5.82 Å². The number of carbonyl (C=O) groups excluding carboxylic acids is 2. The third-order valence-electron chi connectivity index (χ3n) is 9.95. The Morgan fingerprint density at radius 2 is 1.56 bits per heavy atom. The fourth-order valence-corrected chi connectivity index (χ4v) is 10.1. The Bertz CT molecular complexity index is 1920. The van der Waals surface area contributed by atoms with Crippen LogP contribution in [0, 0.1) is 5.41 Å². The first-order valence-electron chi connectivity index (χ1n) is 21.3. The summed E-state index contributed by atoms with van der Waals surface area (Å²) in [7, 11) is -16.3. The van der Waals surface area contributed by atoms with E-state index >= 15 is 0 Å². The molecule has 64 heavy (non-hydrogen) atoms. The van der Waals surface area contributed by atoms with Crippen molar-refractivity contribution < 1.29 is 75.7 Å². The van der Waals surface area contributed by atoms with E-state index in [1.165, 1.54) is 84.5 Å². The van der Waals surface area contributed by atoms with Gasteiger partial charge in [-0.05, 0) is 31.4 Å². The average molecular weight is 990 g/mol. The van der Waals surface area contributed by atoms with Crippen molar-refractivity contribution in [3.63, 3.8) is 0 Å². The first kappa shape index (κ1) is 56.0. The van der Waals surface area contributed by atoms with Crippen LogP contribution in [0.3, 0.4) is 0 Å². The molecule has 0 bridgehead atoms. The van der Waals surface area contributed by atoms with Crippen molar-refractivity contribution in [2.45, 2.75) is 135 Å². The number of unbranched alkanes of at least 4 members (excludes halogenated alkanes) is 10. The number of carbonyl (C=O) groups is 2. The van der Waals surface area contributed by atoms with Crippen LogP contribution in [0.1, 0.15) is 110 Å². The standard InChI is InChI=1S/C37H66N7O16P3S/c1-4-5-6-7-8-9-10-11-12-13-14-15-16-17-21-64-22-20-39-28(45)18-19-40-35(48)32(47)37(2,3)24-57-63(54,55)60-62(52,53)56-23-27-31(59-61(49,50)51)30(46)36(58-27)44-26-43-29-33(38)41-25-42-34(29)44/h7-8,25-27,30-32,36,46-47H,4-6,9-24H2,1-3H3,(H,39,45)(H,40,48)(H,52,53)(H,54,55)(H2,38,41,42)(H2,49,50,51)/b8-7-/t27-,30-,31-,32?,36-/m1/s1. The maximum Gasteiger partial charge on any atom is 0.481 e. The van der Waals surface area contributed by atoms with Gasteiger partial charge in [0.05, 0.1) is 19.5 Å². The number of amides is 2. The number of nitrogens with zero attached hydrogens (tertiary/aromatic N) is 4. The van der Waals surface area contributed by atoms with Gasteiger partial charge in [0.25, 0.3) is 0 Å². The van der Waals surface area contributed by atoms with Crippen LogP contribution in [0.25, 0.3) is 11.2 Å². The highest BCUT2D eigenvalue weighted by atomic mass is 32.2. The fourth-order valence-electron chi connectivity index (χ4n) is 6.39. The molecule has 0 saturated carbocycles. The molecule has 1 aliphatic rings. The number of nitrogens with two attached hydrogens (primary N) is 1. The van der Waals surface area contributed by atoms with Crippen molar-refractivity contribution in [3.8, 4) is 0 Å². The van der Waals surface area contributed by atoms with E-state index in [4.69, 9.17) is 19.5 Å². The lowest BCUT2D eigenvalue weighted by atomic mass is 9.87. The van der Waals surface area contributed by atoms with Crippen LogP contribution in [0.2, 0.25) is 0 Å². The summed E-state index contributed by atoms with van der Waals surface area (Å²) >= 11 is 1.76. The van der Waals surface area contributed by atoms with Crippen molar-refractivity contribution >= 4 is 64.0 Å². The van der Waals surface area contributed by atoms with E-state index in [9.17, 15) is 53.1 Å². The summed E-state index contributed by atoms with van der Waals surface area (Å²) < 4.78 is 62.4. The van der Waals surface area contributed by atoms with Crippen LogP contribution in [0.15, 0.2) is 24.8 Å². The summed E-state index contributed by atoms with van der Waals surface area (Å²) in [6, 6.07) is 0. The van der Waals surface area contributed by atoms with Crippen molar-refractivity contribution in [1.82, 2.24) is 30.2 Å². The van der Waals surface area contributed by atoms with Crippen LogP contribution < -0.4 is 16.4 Å². The summed E-state index contributed by atoms with van der Waals surface area (Å²) in [4.78, 5) is 76.1. The van der Waals surface area contributed by atoms with Gasteiger partial charge in [-0.15, -0.1) is 0 Å². The number of aliphatic hydroxyl groups excluding tert-OH is 2. The van der Waals surface area contributed by atoms with E-state index in [0.29, 0.717) is 6.54 Å². The van der Waals surface area contributed by atoms with Gasteiger partial charge in [0, 0.05) is 30.7 Å². The number of hydrogen-bond acceptors (Lipinski definition) is 17. The Balaban J connectivity index is 1.31. The number of aromatic nitrogens is 4. The third-order valence-corrected chi connectivity index (χ3v) is 14.1. The predicted octanol–water partition coefficient (Wildman–Crippen LogP) is 4.40. The van der Waals surface area contributed by atoms with E-state index in [1.807, 2.05) is 0 Å². The molecule has 3 unspecified atom stereocenters. The van der Waals surface area contributed by atoms with Crippen molar-refractivity contribution in [1.29, 1.82) is 0 Å². The maximum absolute atomic E-state index is 12.7. The molecule has 0 aromatic carbocycles. The van der Waals surface area contributed by atoms with Gasteiger partial charge >= 0.3 is 23.5 Å². The minimum atomic E-state index is -5.55. The van der Waals surface area contributed by atoms with Gasteiger partial charge < -0.3 is 50.9 Å². The van der Waals surface area contributed by atoms with E-state index in [0.717, 1.165) is 35.1 Å². The lowest BCUT2D eigenvalue weighted by molar-refractivity contribution is -0.137. The predicted molar refractivity (Wildman–Crippen MR) is 237 cm³/mol. The number of nitrogens with one attached hydrogen (secondary N) is 2. The number of nitrogen functional groups attached to an aromatic ring is 1. The molecule has 1 fully saturated rings. The molecule has 2 amide bonds. The second-order valence-corrected chi connectivity index (χ2v) is 21.4. The molecule has 2 aromatic rings. The molecule has 1 saturated heterocycles. The van der Waals surface area contributed by atoms with Crippen LogP contribution in [-0.4, -0.2) is 123 Å². The first-order chi connectivity index (χ1) is 30.2. The Hall–Kier alpha value is -2.37. The number of ether oxygens (including phenoxy) is 1. The summed E-state index contributed by atoms with van der Waals surface area (Å²) in [5, 5.41) is 26.8. The normalized spacial score (nSPS) is 20.6. The number of aliphatic hydroxyl groups is 2. The summed E-state index contributed by atoms with van der Waals surface area (Å²) in [5.41, 5.74) is 4.34. The molecule has 366 valence electrons. The van der Waals surface area contributed by atoms with Crippen LogP contribution in [-0.2, 0) is 45.9 Å². The Morgan fingerprint density at radius 3 is 2.23 bits per heavy atom. The van der Waals surface area contributed by atoms with Gasteiger partial charge in [0.2, 0.25) is 11.8 Å². The molecular formula is C37H66N7O16P3S. The molecule has 0 aliphatic carbocycles. The van der Waals surface area contributed by atoms with Crippen LogP contribution >= 0.6 is 35.2 Å². The molecule has 1 aliphatic heterocycles. The van der Waals surface area contributed by atoms with Gasteiger partial charge in [-0.2, -0.15) is 16.1 Å². The van der Waals surface area contributed by atoms with Crippen molar-refractivity contribution in [3.05, 3.63) is 24.8 Å². The molecule has 10 N–H and O–H groups in total. The van der Waals surface area contributed by atoms with Gasteiger partial charge in [-0.3, -0.25) is 27.7 Å². The second-order valence-electron chi connectivity index (χ2n) is 15.9. The van der Waals surface area contributed by atoms with E-state index in [-0.39, 0.29) is 35.9 Å². The van der Waals surface area contributed by atoms with Gasteiger partial charge in [-0.1, -0.05) is 84.3 Å². The molecule has 23 nitrogen and oxygen atoms in total. The van der Waals surface area contributed by atoms with Gasteiger partial charge in [0.1, 0.15) is 36.3 Å². The molecule has 27 heteroatoms. The number of phosphoric ester groups is 3. The molecule has 0 radical (unpaired) electrons. The van der Waals surface area contributed by atoms with Crippen molar-refractivity contribution in [2.24, 2.45) is 5.41 Å². The van der Waals surface area contributed by atoms with E-state index in [1.54, 1.807) is 11.8 Å². The minimum Gasteiger partial charge on any atom is -0.386 e. The number of phosphoric acid groups is 3. The quantitative estimate of drug-likeness (QED) is 0.0272. The monoisotopic (exact) mass is 989 g/mol. The van der Waals surface area contributed by atoms with Crippen molar-refractivity contribution in [2.75, 3.05) is 43.5 Å². The zero-order valence-electron chi connectivity index (χ0n) is 36.5. The largest absolute Gasteiger partial charge is 0.481 e. The number of allylic oxidation sites excluding steroid dienone is 2. The number of imidazole rings is 1. The zero-order valence-corrected chi connectivity index (χ0v) is 40.0. The topological polar surface area (TPSA) is 347 Å². The molecule has 3 heterocycles. The molecule has 7 atom stereocenters. The SMILES string of the molecule is CCCC/C=C\CCCCCCCCCCSCCNC(=O)CCNC(=O)C(O)C(C)(C)COP(=O)(O)OP(=O)(O)OC[C@H]1O[C@@H](n2cnc3c(N)ncnc32)[C@H](O)[C@@H]1OP(=O)(O)O. The number of anilines is 1. The number of hydrogen-bond donors (Lipinski definition) is 9. The molecule has 2 aromatic heterocycles. The molecular weight excluding hydrogens is 923 g/mol. The smallest absolute Gasteiger partial charge is 0.386 e. The maximum atomic E-state index is 12.7. The number of fused-ring (bicyclic) bond motifs is 1. The fraction of sp³-hybridized carbons (Fsp3) is 0.757. The summed E-state index contributed by atoms with van der Waals surface area (Å²) in [5.74, 6) is 0.514. The number of rotatable bonds is 33. The Kier molecular flexibility index (Phi) is 24.0. The Labute approximate surface area is 377 Å². The van der Waals surface area contributed by atoms with E-state index in [2.05, 4.69) is 53.5 Å². The highest BCUT2D eigenvalue weighted by Gasteiger charge is 2.50. The molecule has 3 rings (SSSR count). The minimum absolute atomic E-state index is 0.0326. The number of thioether (sulfide) groups is 1. The first-order valence-corrected chi connectivity index (χ1v) is 27.0. The molecule has 0 spiro atoms. The summed E-state index contributed by atoms with van der Waals surface area (Å²) in [6.45, 7) is 3.18. The van der Waals surface area contributed by atoms with E-state index < -0.39 is 78.6 Å². The third kappa shape index (κ3) is 20.2. The lowest BCUT2D eigenvalue weighted by Crippen LogP contribution is -2.46. The van der Waals surface area contributed by atoms with Crippen LogP contribution in [0.5, 0.6) is 0 Å². The highest BCUT2D eigenvalue weighted by Crippen LogP contribution is 2.61.